The molecule has 0 unspecified atom stereocenters. The van der Waals surface area contributed by atoms with Crippen molar-refractivity contribution in [2.45, 2.75) is 32.2 Å². The zero-order chi connectivity index (χ0) is 16.2. The highest BCUT2D eigenvalue weighted by molar-refractivity contribution is 7.88. The minimum absolute atomic E-state index is 0.0105. The van der Waals surface area contributed by atoms with E-state index in [-0.39, 0.29) is 24.0 Å². The minimum Gasteiger partial charge on any atom is -0.380 e. The first-order valence-corrected chi connectivity index (χ1v) is 9.66. The monoisotopic (exact) mass is 334 g/mol. The van der Waals surface area contributed by atoms with E-state index in [1.807, 2.05) is 11.8 Å². The molecule has 128 valence electrons. The second-order valence-electron chi connectivity index (χ2n) is 6.15. The molecular formula is C14H26N2O5S. The third-order valence-electron chi connectivity index (χ3n) is 4.67. The van der Waals surface area contributed by atoms with Gasteiger partial charge in [-0.05, 0) is 31.6 Å². The summed E-state index contributed by atoms with van der Waals surface area (Å²) in [4.78, 5) is 13.8. The molecule has 0 aromatic heterocycles. The molecule has 0 radical (unpaired) electrons. The molecule has 0 saturated carbocycles. The topological polar surface area (TPSA) is 84.9 Å². The van der Waals surface area contributed by atoms with Gasteiger partial charge in [-0.3, -0.25) is 4.79 Å². The van der Waals surface area contributed by atoms with Crippen LogP contribution < -0.4 is 4.72 Å². The number of carbonyl (C=O) groups is 1. The summed E-state index contributed by atoms with van der Waals surface area (Å²) >= 11 is 0. The minimum atomic E-state index is -3.27. The van der Waals surface area contributed by atoms with Gasteiger partial charge in [-0.2, -0.15) is 0 Å². The molecule has 2 rings (SSSR count). The van der Waals surface area contributed by atoms with Crippen LogP contribution in [-0.4, -0.2) is 71.0 Å². The van der Waals surface area contributed by atoms with Gasteiger partial charge < -0.3 is 14.4 Å². The number of carbonyl (C=O) groups excluding carboxylic acids is 1. The van der Waals surface area contributed by atoms with Crippen molar-refractivity contribution in [1.82, 2.24) is 9.62 Å². The second kappa shape index (κ2) is 7.25. The van der Waals surface area contributed by atoms with E-state index in [0.29, 0.717) is 32.9 Å². The van der Waals surface area contributed by atoms with E-state index in [1.165, 1.54) is 6.26 Å². The van der Waals surface area contributed by atoms with Crippen molar-refractivity contribution in [1.29, 1.82) is 0 Å². The fraction of sp³-hybridized carbons (Fsp3) is 0.929. The van der Waals surface area contributed by atoms with Crippen LogP contribution in [0, 0.1) is 5.41 Å². The van der Waals surface area contributed by atoms with Crippen molar-refractivity contribution in [2.24, 2.45) is 5.41 Å². The Morgan fingerprint density at radius 3 is 2.64 bits per heavy atom. The highest BCUT2D eigenvalue weighted by Gasteiger charge is 2.45. The molecule has 1 atom stereocenters. The largest absolute Gasteiger partial charge is 0.380 e. The fourth-order valence-corrected chi connectivity index (χ4v) is 4.16. The Bertz CT molecular complexity index is 485. The van der Waals surface area contributed by atoms with Crippen LogP contribution in [-0.2, 0) is 24.3 Å². The van der Waals surface area contributed by atoms with E-state index in [4.69, 9.17) is 9.47 Å². The van der Waals surface area contributed by atoms with E-state index in [1.54, 1.807) is 0 Å². The molecule has 0 aromatic rings. The molecule has 0 aliphatic carbocycles. The van der Waals surface area contributed by atoms with Crippen molar-refractivity contribution < 1.29 is 22.7 Å². The van der Waals surface area contributed by atoms with Crippen LogP contribution in [0.15, 0.2) is 0 Å². The van der Waals surface area contributed by atoms with Crippen molar-refractivity contribution in [3.05, 3.63) is 0 Å². The van der Waals surface area contributed by atoms with Crippen molar-refractivity contribution in [2.75, 3.05) is 45.8 Å². The Hall–Kier alpha value is -0.700. The number of amides is 1. The van der Waals surface area contributed by atoms with Crippen LogP contribution in [0.3, 0.4) is 0 Å². The molecule has 1 amide bonds. The first-order chi connectivity index (χ1) is 10.4. The number of rotatable bonds is 5. The molecule has 2 heterocycles. The molecule has 0 bridgehead atoms. The lowest BCUT2D eigenvalue weighted by Crippen LogP contribution is -2.58. The van der Waals surface area contributed by atoms with Crippen LogP contribution in [0.25, 0.3) is 0 Å². The average Bonchev–Trinajstić information content (AvgIpc) is 2.47. The van der Waals surface area contributed by atoms with Gasteiger partial charge in [0.05, 0.1) is 18.9 Å². The molecule has 1 spiro atoms. The van der Waals surface area contributed by atoms with Crippen molar-refractivity contribution in [3.8, 4) is 0 Å². The molecule has 7 nitrogen and oxygen atoms in total. The summed E-state index contributed by atoms with van der Waals surface area (Å²) in [7, 11) is -3.27. The zero-order valence-electron chi connectivity index (χ0n) is 13.3. The summed E-state index contributed by atoms with van der Waals surface area (Å²) in [5.74, 6) is 0.0105. The Labute approximate surface area is 132 Å². The summed E-state index contributed by atoms with van der Waals surface area (Å²) in [6, 6.07) is -0.208. The van der Waals surface area contributed by atoms with Gasteiger partial charge in [0.25, 0.3) is 0 Å². The molecule has 2 aliphatic heterocycles. The fourth-order valence-electron chi connectivity index (χ4n) is 3.33. The van der Waals surface area contributed by atoms with Gasteiger partial charge in [-0.15, -0.1) is 0 Å². The summed E-state index contributed by atoms with van der Waals surface area (Å²) in [6.45, 7) is 4.86. The Morgan fingerprint density at radius 1 is 1.36 bits per heavy atom. The Morgan fingerprint density at radius 2 is 2.05 bits per heavy atom. The summed E-state index contributed by atoms with van der Waals surface area (Å²) in [5.41, 5.74) is -0.107. The first-order valence-electron chi connectivity index (χ1n) is 7.77. The standard InChI is InChI=1S/C14H26N2O5S/c1-3-20-11-13(17)16-7-4-14(5-8-16)6-9-21-10-12(14)15-22(2,18)19/h12,15H,3-11H2,1-2H3/t12-/m0/s1. The van der Waals surface area contributed by atoms with E-state index in [9.17, 15) is 13.2 Å². The smallest absolute Gasteiger partial charge is 0.248 e. The van der Waals surface area contributed by atoms with Crippen LogP contribution in [0.1, 0.15) is 26.2 Å². The lowest BCUT2D eigenvalue weighted by molar-refractivity contribution is -0.140. The molecule has 2 aliphatic rings. The molecular weight excluding hydrogens is 308 g/mol. The van der Waals surface area contributed by atoms with Crippen molar-refractivity contribution in [3.63, 3.8) is 0 Å². The molecule has 22 heavy (non-hydrogen) atoms. The van der Waals surface area contributed by atoms with Gasteiger partial charge in [0.1, 0.15) is 6.61 Å². The summed E-state index contributed by atoms with van der Waals surface area (Å²) < 4.78 is 36.5. The van der Waals surface area contributed by atoms with Gasteiger partial charge in [0, 0.05) is 26.3 Å². The number of likely N-dealkylation sites (tertiary alicyclic amines) is 1. The number of nitrogens with one attached hydrogen (secondary N) is 1. The second-order valence-corrected chi connectivity index (χ2v) is 7.93. The highest BCUT2D eigenvalue weighted by atomic mass is 32.2. The van der Waals surface area contributed by atoms with E-state index >= 15 is 0 Å². The summed E-state index contributed by atoms with van der Waals surface area (Å²) in [5, 5.41) is 0. The van der Waals surface area contributed by atoms with Gasteiger partial charge in [0.15, 0.2) is 0 Å². The predicted octanol–water partition coefficient (Wildman–Crippen LogP) is -0.0302. The third-order valence-corrected chi connectivity index (χ3v) is 5.38. The maximum Gasteiger partial charge on any atom is 0.248 e. The average molecular weight is 334 g/mol. The van der Waals surface area contributed by atoms with Crippen LogP contribution >= 0.6 is 0 Å². The van der Waals surface area contributed by atoms with E-state index in [2.05, 4.69) is 4.72 Å². The van der Waals surface area contributed by atoms with E-state index < -0.39 is 10.0 Å². The SMILES string of the molecule is CCOCC(=O)N1CCC2(CCOC[C@@H]2NS(C)(=O)=O)CC1. The number of hydrogen-bond acceptors (Lipinski definition) is 5. The maximum atomic E-state index is 12.0. The van der Waals surface area contributed by atoms with Gasteiger partial charge in [-0.1, -0.05) is 0 Å². The highest BCUT2D eigenvalue weighted by Crippen LogP contribution is 2.41. The zero-order valence-corrected chi connectivity index (χ0v) is 14.2. The molecule has 8 heteroatoms. The predicted molar refractivity (Wildman–Crippen MR) is 81.9 cm³/mol. The number of piperidine rings is 1. The summed E-state index contributed by atoms with van der Waals surface area (Å²) in [6.07, 6.45) is 3.59. The normalized spacial score (nSPS) is 25.4. The molecule has 2 saturated heterocycles. The number of ether oxygens (including phenoxy) is 2. The third kappa shape index (κ3) is 4.41. The van der Waals surface area contributed by atoms with E-state index in [0.717, 1.165) is 19.3 Å². The number of sulfonamides is 1. The van der Waals surface area contributed by atoms with Crippen LogP contribution in [0.5, 0.6) is 0 Å². The lowest BCUT2D eigenvalue weighted by Gasteiger charge is -2.48. The lowest BCUT2D eigenvalue weighted by atomic mass is 9.69. The Kier molecular flexibility index (Phi) is 5.81. The Balaban J connectivity index is 1.98. The number of nitrogens with zero attached hydrogens (tertiary/aromatic N) is 1. The van der Waals surface area contributed by atoms with Crippen molar-refractivity contribution >= 4 is 15.9 Å². The molecule has 1 N–H and O–H groups in total. The number of hydrogen-bond donors (Lipinski definition) is 1. The first kappa shape index (κ1) is 17.7. The van der Waals surface area contributed by atoms with Crippen LogP contribution in [0.2, 0.25) is 0 Å². The molecule has 2 fully saturated rings. The van der Waals surface area contributed by atoms with Gasteiger partial charge in [0.2, 0.25) is 15.9 Å². The molecule has 0 aromatic carbocycles. The maximum absolute atomic E-state index is 12.0. The quantitative estimate of drug-likeness (QED) is 0.763. The van der Waals surface area contributed by atoms with Gasteiger partial charge >= 0.3 is 0 Å². The van der Waals surface area contributed by atoms with Gasteiger partial charge in [-0.25, -0.2) is 13.1 Å². The van der Waals surface area contributed by atoms with Crippen LogP contribution in [0.4, 0.5) is 0 Å².